The Balaban J connectivity index is 2.07. The van der Waals surface area contributed by atoms with Crippen molar-refractivity contribution in [3.8, 4) is 0 Å². The van der Waals surface area contributed by atoms with Crippen molar-refractivity contribution in [1.29, 1.82) is 0 Å². The number of thioether (sulfide) groups is 2. The minimum Gasteiger partial charge on any atom is -0.140 e. The Hall–Kier alpha value is 0.700. The molecule has 0 aromatic carbocycles. The van der Waals surface area contributed by atoms with E-state index in [1.54, 1.807) is 0 Å². The molecule has 3 atom stereocenters. The zero-order chi connectivity index (χ0) is 5.19. The minimum absolute atomic E-state index is 0.810. The molecule has 3 fully saturated rings. The van der Waals surface area contributed by atoms with Crippen LogP contribution in [0.25, 0.3) is 0 Å². The van der Waals surface area contributed by atoms with E-state index in [9.17, 15) is 0 Å². The zero-order valence-corrected chi connectivity index (χ0v) is 6.23. The monoisotopic (exact) mass is 144 g/mol. The fourth-order valence-electron chi connectivity index (χ4n) is 1.92. The van der Waals surface area contributed by atoms with Gasteiger partial charge in [-0.15, -0.1) is 23.5 Å². The van der Waals surface area contributed by atoms with Gasteiger partial charge in [-0.1, -0.05) is 0 Å². The molecule has 3 heterocycles. The lowest BCUT2D eigenvalue weighted by molar-refractivity contribution is 0.612. The summed E-state index contributed by atoms with van der Waals surface area (Å²) in [6.45, 7) is 0. The van der Waals surface area contributed by atoms with Gasteiger partial charge < -0.3 is 0 Å². The van der Waals surface area contributed by atoms with Crippen LogP contribution in [0.15, 0.2) is 0 Å². The van der Waals surface area contributed by atoms with Gasteiger partial charge in [-0.25, -0.2) is 0 Å². The average Bonchev–Trinajstić information content (AvgIpc) is 2.13. The van der Waals surface area contributed by atoms with Gasteiger partial charge in [0, 0.05) is 10.5 Å². The highest BCUT2D eigenvalue weighted by Gasteiger charge is 2.65. The Morgan fingerprint density at radius 2 is 2.38 bits per heavy atom. The molecule has 0 aliphatic carbocycles. The van der Waals surface area contributed by atoms with Crippen LogP contribution in [0.4, 0.5) is 0 Å². The molecule has 3 rings (SSSR count). The number of hydrogen-bond acceptors (Lipinski definition) is 2. The van der Waals surface area contributed by atoms with Crippen LogP contribution in [0.1, 0.15) is 19.3 Å². The highest BCUT2D eigenvalue weighted by Crippen LogP contribution is 2.76. The van der Waals surface area contributed by atoms with Gasteiger partial charge in [0.15, 0.2) is 0 Å². The first-order valence-electron chi connectivity index (χ1n) is 3.25. The predicted molar refractivity (Wildman–Crippen MR) is 39.3 cm³/mol. The van der Waals surface area contributed by atoms with E-state index in [2.05, 4.69) is 23.5 Å². The molecule has 1 spiro atoms. The topological polar surface area (TPSA) is 0 Å². The molecule has 0 saturated carbocycles. The number of hydrogen-bond donors (Lipinski definition) is 0. The summed E-state index contributed by atoms with van der Waals surface area (Å²) >= 11 is 4.50. The Morgan fingerprint density at radius 1 is 1.38 bits per heavy atom. The molecule has 3 unspecified atom stereocenters. The molecular formula is C6H8S2. The maximum absolute atomic E-state index is 2.27. The van der Waals surface area contributed by atoms with Gasteiger partial charge in [0.25, 0.3) is 0 Å². The lowest BCUT2D eigenvalue weighted by Gasteiger charge is -2.00. The first kappa shape index (κ1) is 4.51. The summed E-state index contributed by atoms with van der Waals surface area (Å²) in [5.74, 6) is 0. The molecule has 0 N–H and O–H groups in total. The summed E-state index contributed by atoms with van der Waals surface area (Å²) in [4.78, 5) is 0. The van der Waals surface area contributed by atoms with E-state index in [0.717, 1.165) is 14.6 Å². The van der Waals surface area contributed by atoms with Crippen LogP contribution >= 0.6 is 23.5 Å². The summed E-state index contributed by atoms with van der Waals surface area (Å²) in [5.41, 5.74) is 0. The maximum atomic E-state index is 2.27. The van der Waals surface area contributed by atoms with Crippen molar-refractivity contribution >= 4 is 23.5 Å². The van der Waals surface area contributed by atoms with Gasteiger partial charge in [-0.05, 0) is 19.3 Å². The van der Waals surface area contributed by atoms with E-state index < -0.39 is 0 Å². The van der Waals surface area contributed by atoms with Crippen molar-refractivity contribution in [2.45, 2.75) is 33.8 Å². The van der Waals surface area contributed by atoms with E-state index in [0.29, 0.717) is 0 Å². The third kappa shape index (κ3) is 0.357. The number of fused-ring (bicyclic) bond motifs is 1. The van der Waals surface area contributed by atoms with E-state index in [-0.39, 0.29) is 0 Å². The summed E-state index contributed by atoms with van der Waals surface area (Å²) in [6.07, 6.45) is 4.58. The van der Waals surface area contributed by atoms with Crippen LogP contribution in [0, 0.1) is 0 Å². The SMILES string of the molecule is C1CC23SC1CC2S3. The maximum Gasteiger partial charge on any atom is 0.0736 e. The highest BCUT2D eigenvalue weighted by atomic mass is 32.2. The van der Waals surface area contributed by atoms with Crippen molar-refractivity contribution in [1.82, 2.24) is 0 Å². The minimum atomic E-state index is 0.810. The first-order valence-corrected chi connectivity index (χ1v) is 5.01. The molecule has 0 aromatic heterocycles. The Morgan fingerprint density at radius 3 is 2.75 bits per heavy atom. The molecule has 44 valence electrons. The Labute approximate surface area is 57.8 Å². The van der Waals surface area contributed by atoms with Crippen molar-refractivity contribution in [3.63, 3.8) is 0 Å². The largest absolute Gasteiger partial charge is 0.140 e. The summed E-state index contributed by atoms with van der Waals surface area (Å²) < 4.78 is 0.810. The molecule has 8 heavy (non-hydrogen) atoms. The smallest absolute Gasteiger partial charge is 0.0736 e. The number of rotatable bonds is 0. The standard InChI is InChI=1S/C6H8S2/c1-2-6-5(8-6)3-4(1)7-6/h4-5H,1-3H2. The first-order chi connectivity index (χ1) is 3.89. The van der Waals surface area contributed by atoms with Gasteiger partial charge >= 0.3 is 0 Å². The Kier molecular flexibility index (Phi) is 0.621. The molecule has 2 bridgehead atoms. The van der Waals surface area contributed by atoms with Crippen LogP contribution in [0.3, 0.4) is 0 Å². The van der Waals surface area contributed by atoms with E-state index in [1.165, 1.54) is 19.3 Å². The zero-order valence-electron chi connectivity index (χ0n) is 4.59. The van der Waals surface area contributed by atoms with Gasteiger partial charge in [0.05, 0.1) is 4.08 Å². The molecule has 0 aromatic rings. The van der Waals surface area contributed by atoms with Crippen LogP contribution in [0.5, 0.6) is 0 Å². The third-order valence-electron chi connectivity index (χ3n) is 2.43. The van der Waals surface area contributed by atoms with Gasteiger partial charge in [-0.2, -0.15) is 0 Å². The lowest BCUT2D eigenvalue weighted by Crippen LogP contribution is -2.05. The molecule has 3 saturated heterocycles. The van der Waals surface area contributed by atoms with Crippen molar-refractivity contribution < 1.29 is 0 Å². The van der Waals surface area contributed by atoms with Crippen molar-refractivity contribution in [2.24, 2.45) is 0 Å². The normalized spacial score (nSPS) is 66.0. The highest BCUT2D eigenvalue weighted by molar-refractivity contribution is 8.26. The average molecular weight is 144 g/mol. The molecule has 0 amide bonds. The van der Waals surface area contributed by atoms with Crippen LogP contribution in [-0.2, 0) is 0 Å². The summed E-state index contributed by atoms with van der Waals surface area (Å²) in [5, 5.41) is 2.19. The van der Waals surface area contributed by atoms with E-state index in [1.807, 2.05) is 0 Å². The van der Waals surface area contributed by atoms with Gasteiger partial charge in [0.2, 0.25) is 0 Å². The lowest BCUT2D eigenvalue weighted by atomic mass is 10.0. The molecule has 0 radical (unpaired) electrons. The van der Waals surface area contributed by atoms with E-state index in [4.69, 9.17) is 0 Å². The second-order valence-electron chi connectivity index (χ2n) is 2.93. The fourth-order valence-corrected chi connectivity index (χ4v) is 5.96. The molecule has 3 aliphatic heterocycles. The second-order valence-corrected chi connectivity index (χ2v) is 6.36. The summed E-state index contributed by atoms with van der Waals surface area (Å²) in [6, 6.07) is 0. The van der Waals surface area contributed by atoms with Crippen LogP contribution < -0.4 is 0 Å². The van der Waals surface area contributed by atoms with Crippen molar-refractivity contribution in [2.75, 3.05) is 0 Å². The summed E-state index contributed by atoms with van der Waals surface area (Å²) in [7, 11) is 0. The fraction of sp³-hybridized carbons (Fsp3) is 1.00. The predicted octanol–water partition coefficient (Wildman–Crippen LogP) is 2.10. The van der Waals surface area contributed by atoms with Gasteiger partial charge in [0.1, 0.15) is 0 Å². The van der Waals surface area contributed by atoms with Crippen LogP contribution in [-0.4, -0.2) is 14.6 Å². The third-order valence-corrected chi connectivity index (χ3v) is 6.32. The quantitative estimate of drug-likeness (QED) is 0.477. The van der Waals surface area contributed by atoms with E-state index >= 15 is 0 Å². The van der Waals surface area contributed by atoms with Crippen LogP contribution in [0.2, 0.25) is 0 Å². The molecule has 0 nitrogen and oxygen atoms in total. The molecule has 2 heteroatoms. The Bertz CT molecular complexity index is 143. The second kappa shape index (κ2) is 1.10. The molecular weight excluding hydrogens is 136 g/mol. The molecule has 3 aliphatic rings. The van der Waals surface area contributed by atoms with Crippen molar-refractivity contribution in [3.05, 3.63) is 0 Å². The van der Waals surface area contributed by atoms with Gasteiger partial charge in [-0.3, -0.25) is 0 Å².